The number of esters is 2. The Kier molecular flexibility index (Phi) is 6.46. The number of hydrogen-bond donors (Lipinski definition) is 2. The first-order valence-electron chi connectivity index (χ1n) is 9.12. The van der Waals surface area contributed by atoms with E-state index in [1.807, 2.05) is 0 Å². The van der Waals surface area contributed by atoms with E-state index in [1.54, 1.807) is 0 Å². The Bertz CT molecular complexity index is 914. The largest absolute Gasteiger partial charge is 0.460 e. The summed E-state index contributed by atoms with van der Waals surface area (Å²) in [6, 6.07) is 5.89. The van der Waals surface area contributed by atoms with Gasteiger partial charge in [0, 0.05) is 0 Å². The van der Waals surface area contributed by atoms with Crippen molar-refractivity contribution in [1.29, 1.82) is 0 Å². The molecule has 1 heterocycles. The summed E-state index contributed by atoms with van der Waals surface area (Å²) < 4.78 is 38.2. The predicted molar refractivity (Wildman–Crippen MR) is 109 cm³/mol. The quantitative estimate of drug-likeness (QED) is 0.573. The van der Waals surface area contributed by atoms with Gasteiger partial charge in [0.2, 0.25) is 0 Å². The van der Waals surface area contributed by atoms with E-state index in [1.165, 1.54) is 24.3 Å². The van der Waals surface area contributed by atoms with E-state index in [4.69, 9.17) is 9.47 Å². The van der Waals surface area contributed by atoms with Crippen LogP contribution >= 0.6 is 0 Å². The molecule has 156 valence electrons. The highest BCUT2D eigenvalue weighted by Gasteiger charge is 2.22. The molecule has 0 saturated carbocycles. The molecule has 0 fully saturated rings. The molecule has 0 saturated heterocycles. The van der Waals surface area contributed by atoms with Crippen molar-refractivity contribution in [3.8, 4) is 0 Å². The molecule has 0 spiro atoms. The lowest BCUT2D eigenvalue weighted by Crippen LogP contribution is -2.29. The Morgan fingerprint density at radius 1 is 0.800 bits per heavy atom. The van der Waals surface area contributed by atoms with Crippen molar-refractivity contribution in [3.05, 3.63) is 84.5 Å². The van der Waals surface area contributed by atoms with Crippen LogP contribution in [0.15, 0.2) is 61.7 Å². The SMILES string of the molecule is C=C[C@@H]1COC(=O)c2ccc(F)cc2N[C@H](C=C)COC(=O)c2ccc(F)cc2N1. The molecule has 0 radical (unpaired) electrons. The number of anilines is 2. The Hall–Kier alpha value is -3.68. The number of nitrogens with one attached hydrogen (secondary N) is 2. The maximum atomic E-state index is 13.8. The van der Waals surface area contributed by atoms with Crippen LogP contribution < -0.4 is 10.6 Å². The molecule has 8 heteroatoms. The van der Waals surface area contributed by atoms with Crippen molar-refractivity contribution in [2.45, 2.75) is 12.1 Å². The molecular formula is C22H20F2N2O4. The number of cyclic esters (lactones) is 2. The van der Waals surface area contributed by atoms with Crippen molar-refractivity contribution >= 4 is 23.3 Å². The van der Waals surface area contributed by atoms with E-state index in [9.17, 15) is 18.4 Å². The molecule has 6 nitrogen and oxygen atoms in total. The Balaban J connectivity index is 1.99. The van der Waals surface area contributed by atoms with Gasteiger partial charge in [-0.1, -0.05) is 12.2 Å². The van der Waals surface area contributed by atoms with Gasteiger partial charge in [0.15, 0.2) is 0 Å². The lowest BCUT2D eigenvalue weighted by atomic mass is 10.1. The van der Waals surface area contributed by atoms with Crippen molar-refractivity contribution in [3.63, 3.8) is 0 Å². The molecule has 1 aliphatic rings. The van der Waals surface area contributed by atoms with E-state index in [0.29, 0.717) is 0 Å². The Morgan fingerprint density at radius 3 is 1.57 bits per heavy atom. The minimum atomic E-state index is -0.692. The summed E-state index contributed by atoms with van der Waals surface area (Å²) in [6.45, 7) is 7.02. The zero-order valence-corrected chi connectivity index (χ0v) is 16.0. The number of carbonyl (C=O) groups is 2. The highest BCUT2D eigenvalue weighted by molar-refractivity contribution is 5.97. The molecule has 2 aromatic rings. The minimum Gasteiger partial charge on any atom is -0.460 e. The number of rotatable bonds is 2. The monoisotopic (exact) mass is 414 g/mol. The molecule has 0 aromatic heterocycles. The summed E-state index contributed by atoms with van der Waals surface area (Å²) in [6.07, 6.45) is 2.91. The third-order valence-electron chi connectivity index (χ3n) is 4.44. The topological polar surface area (TPSA) is 76.7 Å². The van der Waals surface area contributed by atoms with Crippen LogP contribution in [-0.2, 0) is 9.47 Å². The summed E-state index contributed by atoms with van der Waals surface area (Å²) in [5.41, 5.74) is 0.536. The number of halogens is 2. The zero-order chi connectivity index (χ0) is 21.7. The van der Waals surface area contributed by atoms with Crippen LogP contribution in [0.3, 0.4) is 0 Å². The first-order chi connectivity index (χ1) is 14.4. The molecular weight excluding hydrogens is 394 g/mol. The third-order valence-corrected chi connectivity index (χ3v) is 4.44. The smallest absolute Gasteiger partial charge is 0.340 e. The standard InChI is InChI=1S/C22H20F2N2O4/c1-3-15-11-29-21(27)18-8-6-14(24)10-20(18)26-16(4-2)12-30-22(28)17-7-5-13(23)9-19(17)25-15/h3-10,15-16,25-26H,1-2,11-12H2/t15-,16-/m1/s1. The maximum absolute atomic E-state index is 13.8. The number of fused-ring (bicyclic) bond motifs is 2. The van der Waals surface area contributed by atoms with Crippen molar-refractivity contribution < 1.29 is 27.8 Å². The molecule has 2 atom stereocenters. The van der Waals surface area contributed by atoms with Crippen molar-refractivity contribution in [2.24, 2.45) is 0 Å². The van der Waals surface area contributed by atoms with Gasteiger partial charge in [0.05, 0.1) is 34.6 Å². The van der Waals surface area contributed by atoms with Crippen LogP contribution in [0.25, 0.3) is 0 Å². The van der Waals surface area contributed by atoms with E-state index in [0.717, 1.165) is 24.3 Å². The summed E-state index contributed by atoms with van der Waals surface area (Å²) in [5, 5.41) is 5.84. The molecule has 30 heavy (non-hydrogen) atoms. The summed E-state index contributed by atoms with van der Waals surface area (Å²) in [5.74, 6) is -2.50. The van der Waals surface area contributed by atoms with Crippen LogP contribution in [0.1, 0.15) is 20.7 Å². The predicted octanol–water partition coefficient (Wildman–Crippen LogP) is 3.93. The van der Waals surface area contributed by atoms with E-state index < -0.39 is 35.7 Å². The fourth-order valence-corrected chi connectivity index (χ4v) is 2.85. The van der Waals surface area contributed by atoms with Crippen LogP contribution in [-0.4, -0.2) is 37.2 Å². The lowest BCUT2D eigenvalue weighted by molar-refractivity contribution is 0.0485. The van der Waals surface area contributed by atoms with Gasteiger partial charge in [-0.05, 0) is 36.4 Å². The second-order valence-electron chi connectivity index (χ2n) is 6.55. The van der Waals surface area contributed by atoms with Gasteiger partial charge >= 0.3 is 11.9 Å². The number of hydrogen-bond acceptors (Lipinski definition) is 6. The number of benzene rings is 2. The van der Waals surface area contributed by atoms with Crippen LogP contribution in [0.5, 0.6) is 0 Å². The molecule has 3 rings (SSSR count). The first-order valence-corrected chi connectivity index (χ1v) is 9.12. The minimum absolute atomic E-state index is 0.0980. The van der Waals surface area contributed by atoms with Crippen LogP contribution in [0.4, 0.5) is 20.2 Å². The highest BCUT2D eigenvalue weighted by Crippen LogP contribution is 2.23. The van der Waals surface area contributed by atoms with Crippen molar-refractivity contribution in [1.82, 2.24) is 0 Å². The van der Waals surface area contributed by atoms with Gasteiger partial charge in [-0.2, -0.15) is 0 Å². The Morgan fingerprint density at radius 2 is 1.20 bits per heavy atom. The summed E-state index contributed by atoms with van der Waals surface area (Å²) >= 11 is 0. The van der Waals surface area contributed by atoms with Crippen molar-refractivity contribution in [2.75, 3.05) is 23.8 Å². The normalized spacial score (nSPS) is 19.5. The summed E-state index contributed by atoms with van der Waals surface area (Å²) in [7, 11) is 0. The molecule has 0 amide bonds. The average molecular weight is 414 g/mol. The fraction of sp³-hybridized carbons (Fsp3) is 0.182. The van der Waals surface area contributed by atoms with Gasteiger partial charge in [-0.3, -0.25) is 0 Å². The van der Waals surface area contributed by atoms with E-state index >= 15 is 0 Å². The lowest BCUT2D eigenvalue weighted by Gasteiger charge is -2.22. The number of ether oxygens (including phenoxy) is 2. The molecule has 0 aliphatic carbocycles. The second kappa shape index (κ2) is 9.21. The number of carbonyl (C=O) groups excluding carboxylic acids is 2. The molecule has 1 aliphatic heterocycles. The third kappa shape index (κ3) is 4.83. The molecule has 0 bridgehead atoms. The van der Waals surface area contributed by atoms with Crippen LogP contribution in [0.2, 0.25) is 0 Å². The second-order valence-corrected chi connectivity index (χ2v) is 6.55. The zero-order valence-electron chi connectivity index (χ0n) is 16.0. The fourth-order valence-electron chi connectivity index (χ4n) is 2.85. The molecule has 0 unspecified atom stereocenters. The summed E-state index contributed by atoms with van der Waals surface area (Å²) in [4.78, 5) is 25.2. The van der Waals surface area contributed by atoms with Crippen LogP contribution in [0, 0.1) is 11.6 Å². The van der Waals surface area contributed by atoms with Gasteiger partial charge in [0.25, 0.3) is 0 Å². The average Bonchev–Trinajstić information content (AvgIpc) is 2.73. The van der Waals surface area contributed by atoms with E-state index in [2.05, 4.69) is 23.8 Å². The molecule has 2 N–H and O–H groups in total. The van der Waals surface area contributed by atoms with E-state index in [-0.39, 0.29) is 35.7 Å². The maximum Gasteiger partial charge on any atom is 0.340 e. The van der Waals surface area contributed by atoms with Gasteiger partial charge in [-0.15, -0.1) is 13.2 Å². The Labute approximate surface area is 172 Å². The highest BCUT2D eigenvalue weighted by atomic mass is 19.1. The first kappa shape index (κ1) is 21.0. The van der Waals surface area contributed by atoms with Gasteiger partial charge < -0.3 is 20.1 Å². The van der Waals surface area contributed by atoms with Gasteiger partial charge in [-0.25, -0.2) is 18.4 Å². The van der Waals surface area contributed by atoms with Gasteiger partial charge in [0.1, 0.15) is 24.8 Å². The molecule has 2 aromatic carbocycles.